The molecule has 1 aliphatic heterocycles. The van der Waals surface area contributed by atoms with Crippen LogP contribution in [-0.4, -0.2) is 29.4 Å². The average Bonchev–Trinajstić information content (AvgIpc) is 2.73. The fraction of sp³-hybridized carbons (Fsp3) is 0.364. The predicted molar refractivity (Wildman–Crippen MR) is 66.8 cm³/mol. The fourth-order valence-corrected chi connectivity index (χ4v) is 1.86. The van der Waals surface area contributed by atoms with E-state index < -0.39 is 5.91 Å². The Morgan fingerprint density at radius 1 is 1.61 bits per heavy atom. The zero-order chi connectivity index (χ0) is 13.1. The SMILES string of the molecule is NC(=O)c1cc(N)cnc1NCC1CCC(=O)N1. The molecule has 0 saturated carbocycles. The van der Waals surface area contributed by atoms with Crippen LogP contribution in [0.3, 0.4) is 0 Å². The van der Waals surface area contributed by atoms with Gasteiger partial charge in [0, 0.05) is 19.0 Å². The Morgan fingerprint density at radius 2 is 2.39 bits per heavy atom. The normalized spacial score (nSPS) is 18.4. The first-order valence-electron chi connectivity index (χ1n) is 5.65. The summed E-state index contributed by atoms with van der Waals surface area (Å²) in [6.07, 6.45) is 2.75. The fourth-order valence-electron chi connectivity index (χ4n) is 1.86. The van der Waals surface area contributed by atoms with Crippen molar-refractivity contribution in [3.63, 3.8) is 0 Å². The van der Waals surface area contributed by atoms with Crippen molar-refractivity contribution >= 4 is 23.3 Å². The van der Waals surface area contributed by atoms with Gasteiger partial charge in [0.25, 0.3) is 5.91 Å². The first-order chi connectivity index (χ1) is 8.56. The molecule has 96 valence electrons. The van der Waals surface area contributed by atoms with E-state index in [1.54, 1.807) is 0 Å². The lowest BCUT2D eigenvalue weighted by molar-refractivity contribution is -0.119. The molecule has 1 saturated heterocycles. The minimum absolute atomic E-state index is 0.0437. The molecule has 0 aliphatic carbocycles. The topological polar surface area (TPSA) is 123 Å². The van der Waals surface area contributed by atoms with Crippen LogP contribution >= 0.6 is 0 Å². The Hall–Kier alpha value is -2.31. The van der Waals surface area contributed by atoms with Crippen LogP contribution in [0.2, 0.25) is 0 Å². The number of nitrogens with one attached hydrogen (secondary N) is 2. The highest BCUT2D eigenvalue weighted by atomic mass is 16.2. The highest BCUT2D eigenvalue weighted by molar-refractivity contribution is 5.98. The lowest BCUT2D eigenvalue weighted by Crippen LogP contribution is -2.32. The average molecular weight is 249 g/mol. The summed E-state index contributed by atoms with van der Waals surface area (Å²) in [6, 6.07) is 1.53. The van der Waals surface area contributed by atoms with Crippen molar-refractivity contribution < 1.29 is 9.59 Å². The number of carbonyl (C=O) groups excluding carboxylic acids is 2. The molecule has 0 spiro atoms. The van der Waals surface area contributed by atoms with E-state index in [1.807, 2.05) is 0 Å². The Balaban J connectivity index is 2.04. The molecule has 1 unspecified atom stereocenters. The molecule has 2 amide bonds. The number of carbonyl (C=O) groups is 2. The van der Waals surface area contributed by atoms with E-state index in [0.29, 0.717) is 24.5 Å². The van der Waals surface area contributed by atoms with E-state index in [0.717, 1.165) is 6.42 Å². The Morgan fingerprint density at radius 3 is 3.00 bits per heavy atom. The number of amides is 2. The summed E-state index contributed by atoms with van der Waals surface area (Å²) in [6.45, 7) is 0.503. The summed E-state index contributed by atoms with van der Waals surface area (Å²) in [5.41, 5.74) is 11.4. The molecule has 1 aliphatic rings. The van der Waals surface area contributed by atoms with Gasteiger partial charge in [-0.05, 0) is 12.5 Å². The van der Waals surface area contributed by atoms with Crippen LogP contribution in [0.4, 0.5) is 11.5 Å². The van der Waals surface area contributed by atoms with Crippen molar-refractivity contribution in [1.82, 2.24) is 10.3 Å². The molecule has 1 aromatic heterocycles. The molecular formula is C11H15N5O2. The van der Waals surface area contributed by atoms with Gasteiger partial charge in [-0.15, -0.1) is 0 Å². The quantitative estimate of drug-likeness (QED) is 0.570. The number of hydrogen-bond acceptors (Lipinski definition) is 5. The second-order valence-corrected chi connectivity index (χ2v) is 4.21. The van der Waals surface area contributed by atoms with Gasteiger partial charge in [0.15, 0.2) is 0 Å². The Kier molecular flexibility index (Phi) is 3.31. The number of pyridine rings is 1. The number of primary amides is 1. The number of rotatable bonds is 4. The lowest BCUT2D eigenvalue weighted by atomic mass is 10.2. The van der Waals surface area contributed by atoms with Crippen LogP contribution in [0.1, 0.15) is 23.2 Å². The minimum atomic E-state index is -0.590. The number of nitrogens with two attached hydrogens (primary N) is 2. The Bertz CT molecular complexity index is 488. The van der Waals surface area contributed by atoms with Crippen LogP contribution in [0, 0.1) is 0 Å². The zero-order valence-electron chi connectivity index (χ0n) is 9.77. The molecule has 0 bridgehead atoms. The number of anilines is 2. The van der Waals surface area contributed by atoms with E-state index >= 15 is 0 Å². The van der Waals surface area contributed by atoms with Crippen LogP contribution in [0.5, 0.6) is 0 Å². The van der Waals surface area contributed by atoms with Crippen LogP contribution < -0.4 is 22.1 Å². The molecule has 0 aromatic carbocycles. The number of aromatic nitrogens is 1. The third-order valence-corrected chi connectivity index (χ3v) is 2.78. The molecule has 7 nitrogen and oxygen atoms in total. The first kappa shape index (κ1) is 12.2. The highest BCUT2D eigenvalue weighted by Gasteiger charge is 2.21. The van der Waals surface area contributed by atoms with Gasteiger partial charge in [0.1, 0.15) is 5.82 Å². The van der Waals surface area contributed by atoms with E-state index in [4.69, 9.17) is 11.5 Å². The van der Waals surface area contributed by atoms with Crippen molar-refractivity contribution in [3.8, 4) is 0 Å². The van der Waals surface area contributed by atoms with Crippen molar-refractivity contribution in [1.29, 1.82) is 0 Å². The van der Waals surface area contributed by atoms with Gasteiger partial charge < -0.3 is 22.1 Å². The lowest BCUT2D eigenvalue weighted by Gasteiger charge is -2.13. The minimum Gasteiger partial charge on any atom is -0.397 e. The largest absolute Gasteiger partial charge is 0.397 e. The standard InChI is InChI=1S/C11H15N5O2/c12-6-3-8(10(13)18)11(14-4-6)15-5-7-1-2-9(17)16-7/h3-4,7H,1-2,5,12H2,(H2,13,18)(H,14,15)(H,16,17). The molecule has 1 atom stereocenters. The maximum absolute atomic E-state index is 11.2. The smallest absolute Gasteiger partial charge is 0.252 e. The highest BCUT2D eigenvalue weighted by Crippen LogP contribution is 2.15. The van der Waals surface area contributed by atoms with Gasteiger partial charge in [-0.1, -0.05) is 0 Å². The van der Waals surface area contributed by atoms with Gasteiger partial charge in [-0.3, -0.25) is 9.59 Å². The van der Waals surface area contributed by atoms with Crippen molar-refractivity contribution in [2.45, 2.75) is 18.9 Å². The molecule has 6 N–H and O–H groups in total. The monoisotopic (exact) mass is 249 g/mol. The summed E-state index contributed by atoms with van der Waals surface area (Å²) in [7, 11) is 0. The summed E-state index contributed by atoms with van der Waals surface area (Å²) in [5.74, 6) is -0.159. The molecule has 18 heavy (non-hydrogen) atoms. The summed E-state index contributed by atoms with van der Waals surface area (Å²) < 4.78 is 0. The van der Waals surface area contributed by atoms with Gasteiger partial charge in [-0.2, -0.15) is 0 Å². The van der Waals surface area contributed by atoms with Crippen LogP contribution in [-0.2, 0) is 4.79 Å². The van der Waals surface area contributed by atoms with E-state index in [2.05, 4.69) is 15.6 Å². The van der Waals surface area contributed by atoms with Gasteiger partial charge in [0.05, 0.1) is 17.4 Å². The third kappa shape index (κ3) is 2.68. The van der Waals surface area contributed by atoms with Crippen molar-refractivity contribution in [2.24, 2.45) is 5.73 Å². The third-order valence-electron chi connectivity index (χ3n) is 2.78. The van der Waals surface area contributed by atoms with E-state index in [-0.39, 0.29) is 17.5 Å². The van der Waals surface area contributed by atoms with Gasteiger partial charge >= 0.3 is 0 Å². The zero-order valence-corrected chi connectivity index (χ0v) is 9.77. The molecule has 2 heterocycles. The van der Waals surface area contributed by atoms with Crippen molar-refractivity contribution in [2.75, 3.05) is 17.6 Å². The number of nitrogens with zero attached hydrogens (tertiary/aromatic N) is 1. The van der Waals surface area contributed by atoms with E-state index in [1.165, 1.54) is 12.3 Å². The van der Waals surface area contributed by atoms with Crippen LogP contribution in [0.25, 0.3) is 0 Å². The number of nitrogen functional groups attached to an aromatic ring is 1. The Labute approximate surface area is 104 Å². The molecule has 0 radical (unpaired) electrons. The number of hydrogen-bond donors (Lipinski definition) is 4. The molecular weight excluding hydrogens is 234 g/mol. The molecule has 1 aromatic rings. The van der Waals surface area contributed by atoms with Crippen LogP contribution in [0.15, 0.2) is 12.3 Å². The molecule has 2 rings (SSSR count). The summed E-state index contributed by atoms with van der Waals surface area (Å²) >= 11 is 0. The predicted octanol–water partition coefficient (Wildman–Crippen LogP) is -0.547. The van der Waals surface area contributed by atoms with Crippen molar-refractivity contribution in [3.05, 3.63) is 17.8 Å². The van der Waals surface area contributed by atoms with Gasteiger partial charge in [-0.25, -0.2) is 4.98 Å². The second kappa shape index (κ2) is 4.91. The molecule has 7 heteroatoms. The first-order valence-corrected chi connectivity index (χ1v) is 5.65. The summed E-state index contributed by atoms with van der Waals surface area (Å²) in [5, 5.41) is 5.82. The second-order valence-electron chi connectivity index (χ2n) is 4.21. The maximum Gasteiger partial charge on any atom is 0.252 e. The van der Waals surface area contributed by atoms with E-state index in [9.17, 15) is 9.59 Å². The van der Waals surface area contributed by atoms with Gasteiger partial charge in [0.2, 0.25) is 5.91 Å². The molecule has 1 fully saturated rings. The summed E-state index contributed by atoms with van der Waals surface area (Å²) in [4.78, 5) is 26.3. The maximum atomic E-state index is 11.2.